The largest absolute Gasteiger partial charge is 0.346 e. The van der Waals surface area contributed by atoms with Gasteiger partial charge in [0, 0.05) is 6.42 Å². The van der Waals surface area contributed by atoms with E-state index in [9.17, 15) is 4.79 Å². The van der Waals surface area contributed by atoms with Crippen molar-refractivity contribution < 1.29 is 4.79 Å². The summed E-state index contributed by atoms with van der Waals surface area (Å²) in [6, 6.07) is 7.77. The number of H-pyrrole nitrogens is 1. The monoisotopic (exact) mass is 287 g/mol. The first-order chi connectivity index (χ1) is 9.77. The van der Waals surface area contributed by atoms with E-state index in [1.165, 1.54) is 0 Å². The minimum absolute atomic E-state index is 0.0744. The molecule has 2 atom stereocenters. The van der Waals surface area contributed by atoms with Crippen molar-refractivity contribution in [1.29, 1.82) is 0 Å². The predicted octanol–water partition coefficient (Wildman–Crippen LogP) is 3.81. The van der Waals surface area contributed by atoms with Gasteiger partial charge in [-0.25, -0.2) is 4.98 Å². The third-order valence-corrected chi connectivity index (χ3v) is 4.17. The van der Waals surface area contributed by atoms with E-state index in [2.05, 4.69) is 43.0 Å². The molecule has 21 heavy (non-hydrogen) atoms. The fourth-order valence-corrected chi connectivity index (χ4v) is 2.13. The van der Waals surface area contributed by atoms with Crippen molar-refractivity contribution in [1.82, 2.24) is 15.3 Å². The van der Waals surface area contributed by atoms with Crippen molar-refractivity contribution in [2.24, 2.45) is 11.3 Å². The molecule has 1 amide bonds. The summed E-state index contributed by atoms with van der Waals surface area (Å²) in [7, 11) is 0. The number of benzene rings is 1. The molecule has 2 rings (SSSR count). The lowest BCUT2D eigenvalue weighted by Gasteiger charge is -2.27. The molecule has 2 aromatic rings. The summed E-state index contributed by atoms with van der Waals surface area (Å²) in [5, 5.41) is 3.03. The van der Waals surface area contributed by atoms with Crippen molar-refractivity contribution in [2.45, 2.75) is 47.1 Å². The van der Waals surface area contributed by atoms with Gasteiger partial charge in [0.05, 0.1) is 17.1 Å². The third-order valence-electron chi connectivity index (χ3n) is 4.17. The number of fused-ring (bicyclic) bond motifs is 1. The molecule has 4 nitrogen and oxygen atoms in total. The minimum Gasteiger partial charge on any atom is -0.346 e. The van der Waals surface area contributed by atoms with Crippen LogP contribution in [0.25, 0.3) is 11.0 Å². The molecule has 1 aromatic heterocycles. The summed E-state index contributed by atoms with van der Waals surface area (Å²) in [4.78, 5) is 19.9. The third kappa shape index (κ3) is 3.84. The standard InChI is InChI=1S/C17H25N3O/c1-11(17(3,4)5)10-15(21)18-12(2)16-19-13-8-6-7-9-14(13)20-16/h6-9,11-12H,10H2,1-5H3,(H,18,21)(H,19,20). The minimum atomic E-state index is -0.114. The molecule has 0 fully saturated rings. The molecule has 2 N–H and O–H groups in total. The highest BCUT2D eigenvalue weighted by molar-refractivity contribution is 5.77. The van der Waals surface area contributed by atoms with E-state index < -0.39 is 0 Å². The lowest BCUT2D eigenvalue weighted by Crippen LogP contribution is -2.31. The normalized spacial score (nSPS) is 14.9. The Balaban J connectivity index is 2.00. The molecule has 0 saturated heterocycles. The first-order valence-electron chi connectivity index (χ1n) is 7.51. The summed E-state index contributed by atoms with van der Waals surface area (Å²) in [5.41, 5.74) is 2.06. The van der Waals surface area contributed by atoms with Crippen LogP contribution in [0.4, 0.5) is 0 Å². The lowest BCUT2D eigenvalue weighted by molar-refractivity contribution is -0.123. The predicted molar refractivity (Wildman–Crippen MR) is 85.9 cm³/mol. The summed E-state index contributed by atoms with van der Waals surface area (Å²) in [5.74, 6) is 1.21. The number of rotatable bonds is 4. The summed E-state index contributed by atoms with van der Waals surface area (Å²) in [6.07, 6.45) is 0.536. The van der Waals surface area contributed by atoms with Gasteiger partial charge in [0.1, 0.15) is 5.82 Å². The van der Waals surface area contributed by atoms with Crippen LogP contribution in [0.1, 0.15) is 52.9 Å². The molecule has 0 aliphatic carbocycles. The van der Waals surface area contributed by atoms with E-state index >= 15 is 0 Å². The number of aromatic nitrogens is 2. The zero-order valence-corrected chi connectivity index (χ0v) is 13.5. The number of carbonyl (C=O) groups excluding carboxylic acids is 1. The van der Waals surface area contributed by atoms with Gasteiger partial charge in [0.2, 0.25) is 5.91 Å². The zero-order valence-electron chi connectivity index (χ0n) is 13.5. The zero-order chi connectivity index (χ0) is 15.6. The van der Waals surface area contributed by atoms with E-state index in [1.807, 2.05) is 31.2 Å². The van der Waals surface area contributed by atoms with Crippen LogP contribution in [0, 0.1) is 11.3 Å². The Morgan fingerprint density at radius 1 is 1.29 bits per heavy atom. The van der Waals surface area contributed by atoms with Gasteiger partial charge in [-0.1, -0.05) is 39.8 Å². The maximum absolute atomic E-state index is 12.1. The van der Waals surface area contributed by atoms with Crippen LogP contribution in [0.3, 0.4) is 0 Å². The maximum atomic E-state index is 12.1. The van der Waals surface area contributed by atoms with Crippen LogP contribution >= 0.6 is 0 Å². The highest BCUT2D eigenvalue weighted by Crippen LogP contribution is 2.28. The van der Waals surface area contributed by atoms with Crippen LogP contribution in [-0.2, 0) is 4.79 Å². The van der Waals surface area contributed by atoms with Gasteiger partial charge in [-0.3, -0.25) is 4.79 Å². The quantitative estimate of drug-likeness (QED) is 0.898. The molecule has 0 saturated carbocycles. The smallest absolute Gasteiger partial charge is 0.220 e. The number of imidazole rings is 1. The SMILES string of the molecule is CC(NC(=O)CC(C)C(C)(C)C)c1nc2ccccc2[nH]1. The summed E-state index contributed by atoms with van der Waals surface area (Å²) in [6.45, 7) is 10.6. The van der Waals surface area contributed by atoms with Gasteiger partial charge in [-0.2, -0.15) is 0 Å². The number of hydrogen-bond donors (Lipinski definition) is 2. The molecule has 1 aromatic carbocycles. The Hall–Kier alpha value is -1.84. The van der Waals surface area contributed by atoms with Gasteiger partial charge in [-0.05, 0) is 30.4 Å². The van der Waals surface area contributed by atoms with Crippen molar-refractivity contribution in [3.63, 3.8) is 0 Å². The second kappa shape index (κ2) is 5.88. The van der Waals surface area contributed by atoms with Crippen LogP contribution in [-0.4, -0.2) is 15.9 Å². The summed E-state index contributed by atoms with van der Waals surface area (Å²) >= 11 is 0. The van der Waals surface area contributed by atoms with Gasteiger partial charge >= 0.3 is 0 Å². The van der Waals surface area contributed by atoms with Gasteiger partial charge in [0.25, 0.3) is 0 Å². The van der Waals surface area contributed by atoms with Crippen LogP contribution in [0.15, 0.2) is 24.3 Å². The number of hydrogen-bond acceptors (Lipinski definition) is 2. The van der Waals surface area contributed by atoms with Crippen LogP contribution in [0.5, 0.6) is 0 Å². The van der Waals surface area contributed by atoms with Gasteiger partial charge in [-0.15, -0.1) is 0 Å². The van der Waals surface area contributed by atoms with Crippen molar-refractivity contribution in [3.8, 4) is 0 Å². The lowest BCUT2D eigenvalue weighted by atomic mass is 9.80. The molecule has 0 radical (unpaired) electrons. The second-order valence-electron chi connectivity index (χ2n) is 6.90. The maximum Gasteiger partial charge on any atom is 0.220 e. The van der Waals surface area contributed by atoms with E-state index in [-0.39, 0.29) is 17.4 Å². The highest BCUT2D eigenvalue weighted by atomic mass is 16.1. The fraction of sp³-hybridized carbons (Fsp3) is 0.529. The van der Waals surface area contributed by atoms with E-state index in [0.717, 1.165) is 16.9 Å². The molecule has 1 heterocycles. The Bertz CT molecular complexity index is 591. The number of aromatic amines is 1. The Kier molecular flexibility index (Phi) is 4.35. The molecule has 2 unspecified atom stereocenters. The number of amides is 1. The topological polar surface area (TPSA) is 57.8 Å². The average molecular weight is 287 g/mol. The van der Waals surface area contributed by atoms with Crippen LogP contribution < -0.4 is 5.32 Å². The number of carbonyl (C=O) groups is 1. The average Bonchev–Trinajstić information content (AvgIpc) is 2.81. The molecule has 4 heteroatoms. The Morgan fingerprint density at radius 3 is 2.57 bits per heavy atom. The molecule has 0 aliphatic heterocycles. The second-order valence-corrected chi connectivity index (χ2v) is 6.90. The Morgan fingerprint density at radius 2 is 1.95 bits per heavy atom. The molecular weight excluding hydrogens is 262 g/mol. The Labute approximate surface area is 126 Å². The van der Waals surface area contributed by atoms with Crippen molar-refractivity contribution in [3.05, 3.63) is 30.1 Å². The van der Waals surface area contributed by atoms with E-state index in [0.29, 0.717) is 12.3 Å². The summed E-state index contributed by atoms with van der Waals surface area (Å²) < 4.78 is 0. The number of para-hydroxylation sites is 2. The molecule has 0 bridgehead atoms. The first-order valence-corrected chi connectivity index (χ1v) is 7.51. The number of nitrogens with one attached hydrogen (secondary N) is 2. The fourth-order valence-electron chi connectivity index (χ4n) is 2.13. The highest BCUT2D eigenvalue weighted by Gasteiger charge is 2.23. The molecule has 0 aliphatic rings. The van der Waals surface area contributed by atoms with Crippen molar-refractivity contribution in [2.75, 3.05) is 0 Å². The number of nitrogens with zero attached hydrogens (tertiary/aromatic N) is 1. The van der Waals surface area contributed by atoms with Crippen LogP contribution in [0.2, 0.25) is 0 Å². The molecule has 114 valence electrons. The van der Waals surface area contributed by atoms with Gasteiger partial charge < -0.3 is 10.3 Å². The molecule has 0 spiro atoms. The van der Waals surface area contributed by atoms with Gasteiger partial charge in [0.15, 0.2) is 0 Å². The first kappa shape index (κ1) is 15.5. The van der Waals surface area contributed by atoms with E-state index in [1.54, 1.807) is 0 Å². The molecular formula is C17H25N3O. The van der Waals surface area contributed by atoms with Crippen molar-refractivity contribution >= 4 is 16.9 Å². The van der Waals surface area contributed by atoms with E-state index in [4.69, 9.17) is 0 Å².